The van der Waals surface area contributed by atoms with E-state index in [1.54, 1.807) is 24.3 Å². The van der Waals surface area contributed by atoms with E-state index in [4.69, 9.17) is 4.74 Å². The van der Waals surface area contributed by atoms with Crippen LogP contribution in [0.25, 0.3) is 0 Å². The second kappa shape index (κ2) is 7.83. The lowest BCUT2D eigenvalue weighted by atomic mass is 10.0. The topological polar surface area (TPSA) is 66.8 Å². The number of carboxylic acids is 1. The number of piperidine rings is 1. The van der Waals surface area contributed by atoms with Crippen molar-refractivity contribution < 1.29 is 19.4 Å². The molecule has 1 heterocycles. The van der Waals surface area contributed by atoms with Gasteiger partial charge in [-0.05, 0) is 43.0 Å². The second-order valence-corrected chi connectivity index (χ2v) is 6.15. The second-order valence-electron chi connectivity index (χ2n) is 6.15. The minimum Gasteiger partial charge on any atom is -0.489 e. The zero-order valence-electron chi connectivity index (χ0n) is 13.9. The molecule has 2 aromatic rings. The van der Waals surface area contributed by atoms with Gasteiger partial charge in [-0.25, -0.2) is 4.79 Å². The van der Waals surface area contributed by atoms with Gasteiger partial charge in [0.25, 0.3) is 5.91 Å². The summed E-state index contributed by atoms with van der Waals surface area (Å²) in [4.78, 5) is 25.6. The van der Waals surface area contributed by atoms with Gasteiger partial charge in [-0.3, -0.25) is 4.79 Å². The van der Waals surface area contributed by atoms with E-state index in [1.807, 2.05) is 30.3 Å². The number of likely N-dealkylation sites (tertiary alicyclic amines) is 1. The lowest BCUT2D eigenvalue weighted by Gasteiger charge is -2.33. The summed E-state index contributed by atoms with van der Waals surface area (Å²) in [6, 6.07) is 16.0. The summed E-state index contributed by atoms with van der Waals surface area (Å²) in [6.07, 6.45) is 2.17. The fraction of sp³-hybridized carbons (Fsp3) is 0.300. The summed E-state index contributed by atoms with van der Waals surface area (Å²) in [5.41, 5.74) is 1.50. The Bertz CT molecular complexity index is 744. The molecule has 3 rings (SSSR count). The zero-order chi connectivity index (χ0) is 17.6. The molecule has 1 amide bonds. The van der Waals surface area contributed by atoms with E-state index in [0.29, 0.717) is 30.9 Å². The first-order chi connectivity index (χ1) is 12.1. The quantitative estimate of drug-likeness (QED) is 0.907. The van der Waals surface area contributed by atoms with Gasteiger partial charge in [0.2, 0.25) is 0 Å². The predicted molar refractivity (Wildman–Crippen MR) is 93.5 cm³/mol. The fourth-order valence-electron chi connectivity index (χ4n) is 3.06. The molecule has 0 spiro atoms. The average molecular weight is 339 g/mol. The van der Waals surface area contributed by atoms with Crippen molar-refractivity contribution in [2.24, 2.45) is 0 Å². The molecule has 1 atom stereocenters. The smallest absolute Gasteiger partial charge is 0.326 e. The first kappa shape index (κ1) is 17.0. The molecule has 5 nitrogen and oxygen atoms in total. The lowest BCUT2D eigenvalue weighted by molar-refractivity contribution is -0.143. The zero-order valence-corrected chi connectivity index (χ0v) is 13.9. The number of hydrogen-bond donors (Lipinski definition) is 1. The van der Waals surface area contributed by atoms with Crippen molar-refractivity contribution in [3.8, 4) is 5.75 Å². The molecular formula is C20H21NO4. The summed E-state index contributed by atoms with van der Waals surface area (Å²) in [5.74, 6) is -0.597. The van der Waals surface area contributed by atoms with Crippen LogP contribution >= 0.6 is 0 Å². The Morgan fingerprint density at radius 2 is 1.88 bits per heavy atom. The van der Waals surface area contributed by atoms with Gasteiger partial charge in [-0.1, -0.05) is 36.4 Å². The number of ether oxygens (including phenoxy) is 1. The number of nitrogens with zero attached hydrogens (tertiary/aromatic N) is 1. The Balaban J connectivity index is 1.71. The van der Waals surface area contributed by atoms with Crippen molar-refractivity contribution >= 4 is 11.9 Å². The van der Waals surface area contributed by atoms with Crippen LogP contribution in [0.2, 0.25) is 0 Å². The van der Waals surface area contributed by atoms with Crippen LogP contribution in [0.1, 0.15) is 35.2 Å². The molecule has 0 radical (unpaired) electrons. The predicted octanol–water partition coefficient (Wildman–Crippen LogP) is 3.34. The normalized spacial score (nSPS) is 17.1. The molecule has 0 aliphatic carbocycles. The van der Waals surface area contributed by atoms with Gasteiger partial charge in [0.1, 0.15) is 18.4 Å². The number of amides is 1. The van der Waals surface area contributed by atoms with E-state index in [2.05, 4.69) is 0 Å². The van der Waals surface area contributed by atoms with Gasteiger partial charge in [-0.15, -0.1) is 0 Å². The number of benzene rings is 2. The Morgan fingerprint density at radius 3 is 2.64 bits per heavy atom. The summed E-state index contributed by atoms with van der Waals surface area (Å²) >= 11 is 0. The highest BCUT2D eigenvalue weighted by Gasteiger charge is 2.32. The Kier molecular flexibility index (Phi) is 5.33. The van der Waals surface area contributed by atoms with Gasteiger partial charge in [-0.2, -0.15) is 0 Å². The Labute approximate surface area is 146 Å². The van der Waals surface area contributed by atoms with Crippen molar-refractivity contribution in [1.82, 2.24) is 4.90 Å². The minimum absolute atomic E-state index is 0.253. The molecule has 1 unspecified atom stereocenters. The number of carboxylic acid groups (broad SMARTS) is 1. The highest BCUT2D eigenvalue weighted by Crippen LogP contribution is 2.22. The summed E-state index contributed by atoms with van der Waals surface area (Å²) in [7, 11) is 0. The van der Waals surface area contributed by atoms with Crippen LogP contribution in [0.15, 0.2) is 54.6 Å². The summed E-state index contributed by atoms with van der Waals surface area (Å²) < 4.78 is 5.76. The van der Waals surface area contributed by atoms with Crippen LogP contribution in [0.5, 0.6) is 5.75 Å². The largest absolute Gasteiger partial charge is 0.489 e. The van der Waals surface area contributed by atoms with E-state index < -0.39 is 12.0 Å². The third-order valence-electron chi connectivity index (χ3n) is 4.38. The Morgan fingerprint density at radius 1 is 1.08 bits per heavy atom. The number of carbonyl (C=O) groups is 2. The molecule has 130 valence electrons. The molecule has 0 aromatic heterocycles. The molecule has 25 heavy (non-hydrogen) atoms. The molecule has 0 saturated carbocycles. The third-order valence-corrected chi connectivity index (χ3v) is 4.38. The number of hydrogen-bond acceptors (Lipinski definition) is 3. The van der Waals surface area contributed by atoms with Gasteiger partial charge >= 0.3 is 5.97 Å². The maximum absolute atomic E-state index is 12.7. The maximum atomic E-state index is 12.7. The van der Waals surface area contributed by atoms with E-state index in [9.17, 15) is 14.7 Å². The summed E-state index contributed by atoms with van der Waals surface area (Å²) in [5, 5.41) is 9.35. The fourth-order valence-corrected chi connectivity index (χ4v) is 3.06. The molecule has 0 bridgehead atoms. The number of rotatable bonds is 5. The van der Waals surface area contributed by atoms with E-state index in [-0.39, 0.29) is 5.91 Å². The minimum atomic E-state index is -0.940. The molecule has 1 N–H and O–H groups in total. The van der Waals surface area contributed by atoms with Crippen LogP contribution in [-0.4, -0.2) is 34.5 Å². The molecule has 1 aliphatic heterocycles. The van der Waals surface area contributed by atoms with Crippen LogP contribution in [-0.2, 0) is 11.4 Å². The monoisotopic (exact) mass is 339 g/mol. The van der Waals surface area contributed by atoms with Crippen molar-refractivity contribution in [3.63, 3.8) is 0 Å². The summed E-state index contributed by atoms with van der Waals surface area (Å²) in [6.45, 7) is 0.894. The van der Waals surface area contributed by atoms with Crippen LogP contribution in [0.4, 0.5) is 0 Å². The van der Waals surface area contributed by atoms with E-state index in [1.165, 1.54) is 4.90 Å². The number of aliphatic carboxylic acids is 1. The Hall–Kier alpha value is -2.82. The standard InChI is InChI=1S/C20H21NO4/c22-19(21-12-5-4-11-18(21)20(23)24)16-9-6-10-17(13-16)25-14-15-7-2-1-3-8-15/h1-3,6-10,13,18H,4-5,11-12,14H2,(H,23,24). The average Bonchev–Trinajstić information content (AvgIpc) is 2.67. The molecule has 1 aliphatic rings. The van der Waals surface area contributed by atoms with Crippen LogP contribution < -0.4 is 4.74 Å². The van der Waals surface area contributed by atoms with Crippen molar-refractivity contribution in [3.05, 3.63) is 65.7 Å². The molecular weight excluding hydrogens is 318 g/mol. The SMILES string of the molecule is O=C(O)C1CCCCN1C(=O)c1cccc(OCc2ccccc2)c1. The highest BCUT2D eigenvalue weighted by molar-refractivity contribution is 5.97. The van der Waals surface area contributed by atoms with Gasteiger partial charge < -0.3 is 14.7 Å². The molecule has 1 fully saturated rings. The number of carbonyl (C=O) groups excluding carboxylic acids is 1. The molecule has 5 heteroatoms. The van der Waals surface area contributed by atoms with Crippen LogP contribution in [0, 0.1) is 0 Å². The van der Waals surface area contributed by atoms with Crippen molar-refractivity contribution in [1.29, 1.82) is 0 Å². The van der Waals surface area contributed by atoms with Gasteiger partial charge in [0.15, 0.2) is 0 Å². The van der Waals surface area contributed by atoms with Crippen molar-refractivity contribution in [2.75, 3.05) is 6.54 Å². The van der Waals surface area contributed by atoms with E-state index in [0.717, 1.165) is 18.4 Å². The van der Waals surface area contributed by atoms with Crippen molar-refractivity contribution in [2.45, 2.75) is 31.9 Å². The van der Waals surface area contributed by atoms with E-state index >= 15 is 0 Å². The molecule has 1 saturated heterocycles. The first-order valence-corrected chi connectivity index (χ1v) is 8.46. The maximum Gasteiger partial charge on any atom is 0.326 e. The third kappa shape index (κ3) is 4.18. The van der Waals surface area contributed by atoms with Gasteiger partial charge in [0, 0.05) is 12.1 Å². The lowest BCUT2D eigenvalue weighted by Crippen LogP contribution is -2.47. The highest BCUT2D eigenvalue weighted by atomic mass is 16.5. The van der Waals surface area contributed by atoms with Gasteiger partial charge in [0.05, 0.1) is 0 Å². The first-order valence-electron chi connectivity index (χ1n) is 8.46. The molecule has 2 aromatic carbocycles. The van der Waals surface area contributed by atoms with Crippen LogP contribution in [0.3, 0.4) is 0 Å².